The zero-order valence-corrected chi connectivity index (χ0v) is 14.6. The molecule has 2 aliphatic heterocycles. The predicted octanol–water partition coefficient (Wildman–Crippen LogP) is 2.08. The van der Waals surface area contributed by atoms with Gasteiger partial charge in [-0.2, -0.15) is 0 Å². The fraction of sp³-hybridized carbons (Fsp3) is 0.500. The number of rotatable bonds is 5. The van der Waals surface area contributed by atoms with Gasteiger partial charge in [-0.15, -0.1) is 0 Å². The van der Waals surface area contributed by atoms with Crippen LogP contribution in [-0.4, -0.2) is 36.0 Å². The molecule has 0 amide bonds. The van der Waals surface area contributed by atoms with E-state index in [0.29, 0.717) is 17.0 Å². The number of hydrogen-bond donors (Lipinski definition) is 4. The Morgan fingerprint density at radius 1 is 1.42 bits per heavy atom. The van der Waals surface area contributed by atoms with Gasteiger partial charge in [0.15, 0.2) is 0 Å². The molecule has 6 nitrogen and oxygen atoms in total. The average molecular weight is 329 g/mol. The lowest BCUT2D eigenvalue weighted by Crippen LogP contribution is -2.44. The second-order valence-electron chi connectivity index (χ2n) is 6.97. The van der Waals surface area contributed by atoms with Crippen molar-refractivity contribution in [2.75, 3.05) is 18.8 Å². The van der Waals surface area contributed by atoms with Crippen molar-refractivity contribution >= 4 is 11.4 Å². The van der Waals surface area contributed by atoms with E-state index in [0.717, 1.165) is 30.5 Å². The van der Waals surface area contributed by atoms with Gasteiger partial charge in [-0.05, 0) is 50.5 Å². The smallest absolute Gasteiger partial charge is 0.120 e. The quantitative estimate of drug-likeness (QED) is 0.491. The topological polar surface area (TPSA) is 86.4 Å². The Morgan fingerprint density at radius 3 is 2.88 bits per heavy atom. The number of allylic oxidation sites excluding steroid dienone is 1. The summed E-state index contributed by atoms with van der Waals surface area (Å²) in [6.45, 7) is 8.39. The third kappa shape index (κ3) is 3.55. The average Bonchev–Trinajstić information content (AvgIpc) is 3.16. The summed E-state index contributed by atoms with van der Waals surface area (Å²) in [5.41, 5.74) is 14.9. The summed E-state index contributed by atoms with van der Waals surface area (Å²) < 4.78 is 5.72. The fourth-order valence-corrected chi connectivity index (χ4v) is 3.20. The van der Waals surface area contributed by atoms with E-state index >= 15 is 0 Å². The first-order valence-electron chi connectivity index (χ1n) is 8.57. The van der Waals surface area contributed by atoms with Crippen molar-refractivity contribution < 1.29 is 4.74 Å². The molecule has 2 aliphatic rings. The number of ether oxygens (including phenoxy) is 1. The molecular weight excluding hydrogens is 302 g/mol. The van der Waals surface area contributed by atoms with E-state index in [9.17, 15) is 0 Å². The molecule has 24 heavy (non-hydrogen) atoms. The Balaban J connectivity index is 1.76. The second kappa shape index (κ2) is 6.83. The summed E-state index contributed by atoms with van der Waals surface area (Å²) >= 11 is 0. The summed E-state index contributed by atoms with van der Waals surface area (Å²) in [7, 11) is 0. The molecule has 1 aromatic rings. The highest BCUT2D eigenvalue weighted by atomic mass is 16.5. The van der Waals surface area contributed by atoms with Gasteiger partial charge in [0.2, 0.25) is 0 Å². The van der Waals surface area contributed by atoms with Crippen molar-refractivity contribution in [3.8, 4) is 5.75 Å². The molecule has 3 rings (SSSR count). The van der Waals surface area contributed by atoms with Crippen molar-refractivity contribution in [2.24, 2.45) is 5.92 Å². The van der Waals surface area contributed by atoms with Crippen molar-refractivity contribution in [1.82, 2.24) is 15.8 Å². The Bertz CT molecular complexity index is 655. The van der Waals surface area contributed by atoms with Gasteiger partial charge in [0.25, 0.3) is 0 Å². The summed E-state index contributed by atoms with van der Waals surface area (Å²) in [5.74, 6) is 1.46. The van der Waals surface area contributed by atoms with E-state index in [1.54, 1.807) is 6.07 Å². The number of benzene rings is 1. The number of nitrogen functional groups attached to an aromatic ring is 1. The molecule has 6 heteroatoms. The van der Waals surface area contributed by atoms with Gasteiger partial charge < -0.3 is 15.9 Å². The number of likely N-dealkylation sites (tertiary alicyclic amines) is 1. The van der Waals surface area contributed by atoms with Gasteiger partial charge in [0.1, 0.15) is 5.75 Å². The van der Waals surface area contributed by atoms with Crippen LogP contribution >= 0.6 is 0 Å². The molecule has 1 aromatic carbocycles. The van der Waals surface area contributed by atoms with Crippen LogP contribution in [0.4, 0.5) is 5.69 Å². The van der Waals surface area contributed by atoms with Crippen LogP contribution in [0.5, 0.6) is 5.75 Å². The first-order valence-corrected chi connectivity index (χ1v) is 8.57. The highest BCUT2D eigenvalue weighted by Crippen LogP contribution is 2.25. The normalized spacial score (nSPS) is 24.1. The first kappa shape index (κ1) is 16.8. The van der Waals surface area contributed by atoms with Gasteiger partial charge in [0.05, 0.1) is 23.7 Å². The van der Waals surface area contributed by atoms with Gasteiger partial charge >= 0.3 is 0 Å². The highest BCUT2D eigenvalue weighted by molar-refractivity contribution is 6.13. The Hall–Kier alpha value is -2.05. The van der Waals surface area contributed by atoms with E-state index in [1.807, 2.05) is 26.0 Å². The lowest BCUT2D eigenvalue weighted by Gasteiger charge is -2.21. The SMILES string of the molecule is CC(C)Oc1ccc(N)c(C(=N)C2=CC(N3CC[C@@H](C)C3)NN2)c1. The minimum Gasteiger partial charge on any atom is -0.491 e. The maximum absolute atomic E-state index is 8.52. The minimum atomic E-state index is 0.0858. The lowest BCUT2D eigenvalue weighted by atomic mass is 10.0. The summed E-state index contributed by atoms with van der Waals surface area (Å²) in [5, 5.41) is 8.52. The molecule has 0 aromatic heterocycles. The van der Waals surface area contributed by atoms with Crippen LogP contribution in [-0.2, 0) is 0 Å². The van der Waals surface area contributed by atoms with Gasteiger partial charge in [-0.25, -0.2) is 5.43 Å². The number of nitrogens with zero attached hydrogens (tertiary/aromatic N) is 1. The predicted molar refractivity (Wildman–Crippen MR) is 96.9 cm³/mol. The molecule has 0 spiro atoms. The maximum Gasteiger partial charge on any atom is 0.120 e. The number of anilines is 1. The van der Waals surface area contributed by atoms with E-state index in [2.05, 4.69) is 28.8 Å². The fourth-order valence-electron chi connectivity index (χ4n) is 3.20. The van der Waals surface area contributed by atoms with Gasteiger partial charge in [0, 0.05) is 24.3 Å². The molecule has 0 bridgehead atoms. The van der Waals surface area contributed by atoms with Crippen molar-refractivity contribution in [3.05, 3.63) is 35.5 Å². The molecule has 0 radical (unpaired) electrons. The number of hydrazine groups is 1. The molecule has 1 fully saturated rings. The van der Waals surface area contributed by atoms with Crippen LogP contribution in [0.25, 0.3) is 0 Å². The maximum atomic E-state index is 8.52. The van der Waals surface area contributed by atoms with E-state index in [-0.39, 0.29) is 12.3 Å². The van der Waals surface area contributed by atoms with Crippen LogP contribution in [0.2, 0.25) is 0 Å². The van der Waals surface area contributed by atoms with Crippen LogP contribution in [0.1, 0.15) is 32.8 Å². The van der Waals surface area contributed by atoms with Crippen molar-refractivity contribution in [3.63, 3.8) is 0 Å². The summed E-state index contributed by atoms with van der Waals surface area (Å²) in [4.78, 5) is 2.39. The van der Waals surface area contributed by atoms with E-state index in [1.165, 1.54) is 6.42 Å². The van der Waals surface area contributed by atoms with Crippen LogP contribution < -0.4 is 21.3 Å². The molecule has 1 saturated heterocycles. The molecule has 1 unspecified atom stereocenters. The Labute approximate surface area is 143 Å². The van der Waals surface area contributed by atoms with Gasteiger partial charge in [-0.3, -0.25) is 10.3 Å². The second-order valence-corrected chi connectivity index (χ2v) is 6.97. The Kier molecular flexibility index (Phi) is 4.78. The molecule has 5 N–H and O–H groups in total. The number of nitrogens with one attached hydrogen (secondary N) is 3. The minimum absolute atomic E-state index is 0.0858. The van der Waals surface area contributed by atoms with Crippen LogP contribution in [0.3, 0.4) is 0 Å². The van der Waals surface area contributed by atoms with Crippen LogP contribution in [0, 0.1) is 11.3 Å². The van der Waals surface area contributed by atoms with E-state index in [4.69, 9.17) is 15.9 Å². The molecule has 2 atom stereocenters. The third-order valence-corrected chi connectivity index (χ3v) is 4.46. The molecule has 0 saturated carbocycles. The summed E-state index contributed by atoms with van der Waals surface area (Å²) in [6.07, 6.45) is 3.50. The molecular formula is C18H27N5O. The Morgan fingerprint density at radius 2 is 2.21 bits per heavy atom. The first-order chi connectivity index (χ1) is 11.4. The molecule has 130 valence electrons. The van der Waals surface area contributed by atoms with Gasteiger partial charge in [-0.1, -0.05) is 6.92 Å². The lowest BCUT2D eigenvalue weighted by molar-refractivity contribution is 0.239. The van der Waals surface area contributed by atoms with Crippen LogP contribution in [0.15, 0.2) is 30.0 Å². The highest BCUT2D eigenvalue weighted by Gasteiger charge is 2.29. The molecule has 0 aliphatic carbocycles. The number of hydrogen-bond acceptors (Lipinski definition) is 6. The van der Waals surface area contributed by atoms with E-state index < -0.39 is 0 Å². The van der Waals surface area contributed by atoms with Crippen molar-refractivity contribution in [2.45, 2.75) is 39.5 Å². The zero-order valence-electron chi connectivity index (χ0n) is 14.6. The van der Waals surface area contributed by atoms with Crippen molar-refractivity contribution in [1.29, 1.82) is 5.41 Å². The summed E-state index contributed by atoms with van der Waals surface area (Å²) in [6, 6.07) is 5.48. The standard InChI is InChI=1S/C18H27N5O/c1-11(2)24-13-4-5-15(19)14(8-13)18(20)16-9-17(22-21-16)23-7-6-12(3)10-23/h4-5,8-9,11-12,17,20-22H,6-7,10,19H2,1-3H3/t12-,17?/m1/s1. The third-order valence-electron chi connectivity index (χ3n) is 4.46. The monoisotopic (exact) mass is 329 g/mol. The largest absolute Gasteiger partial charge is 0.491 e. The zero-order chi connectivity index (χ0) is 17.3. The molecule has 2 heterocycles. The number of nitrogens with two attached hydrogens (primary N) is 1.